The Bertz CT molecular complexity index is 916. The molecule has 0 unspecified atom stereocenters. The molecule has 0 saturated carbocycles. The van der Waals surface area contributed by atoms with Crippen molar-refractivity contribution in [3.8, 4) is 0 Å². The molecule has 0 bridgehead atoms. The van der Waals surface area contributed by atoms with Gasteiger partial charge in [0.1, 0.15) is 5.25 Å². The van der Waals surface area contributed by atoms with Crippen LogP contribution in [0.2, 0.25) is 0 Å². The largest absolute Gasteiger partial charge is 0.454 e. The van der Waals surface area contributed by atoms with Gasteiger partial charge in [-0.15, -0.1) is 11.8 Å². The first-order chi connectivity index (χ1) is 13.4. The van der Waals surface area contributed by atoms with Gasteiger partial charge in [-0.25, -0.2) is 8.42 Å². The molecule has 1 saturated heterocycles. The summed E-state index contributed by atoms with van der Waals surface area (Å²) in [6, 6.07) is 18.3. The summed E-state index contributed by atoms with van der Waals surface area (Å²) in [5, 5.41) is 2.01. The van der Waals surface area contributed by atoms with Crippen molar-refractivity contribution in [1.29, 1.82) is 0 Å². The number of rotatable bonds is 7. The molecule has 2 aromatic carbocycles. The predicted molar refractivity (Wildman–Crippen MR) is 108 cm³/mol. The van der Waals surface area contributed by atoms with Crippen molar-refractivity contribution in [2.24, 2.45) is 0 Å². The molecule has 1 heterocycles. The van der Waals surface area contributed by atoms with Gasteiger partial charge in [0.05, 0.1) is 11.5 Å². The lowest BCUT2D eigenvalue weighted by Gasteiger charge is -2.17. The molecular weight excluding hydrogens is 398 g/mol. The van der Waals surface area contributed by atoms with E-state index in [0.717, 1.165) is 10.5 Å². The highest BCUT2D eigenvalue weighted by atomic mass is 32.2. The zero-order valence-corrected chi connectivity index (χ0v) is 16.7. The van der Waals surface area contributed by atoms with E-state index in [1.54, 1.807) is 0 Å². The van der Waals surface area contributed by atoms with E-state index in [9.17, 15) is 18.0 Å². The highest BCUT2D eigenvalue weighted by Crippen LogP contribution is 2.36. The van der Waals surface area contributed by atoms with Crippen LogP contribution < -0.4 is 5.32 Å². The maximum Gasteiger partial charge on any atom is 0.324 e. The molecule has 0 aromatic heterocycles. The Morgan fingerprint density at radius 2 is 1.71 bits per heavy atom. The highest BCUT2D eigenvalue weighted by Gasteiger charge is 2.29. The topological polar surface area (TPSA) is 89.5 Å². The van der Waals surface area contributed by atoms with Crippen molar-refractivity contribution >= 4 is 33.5 Å². The fourth-order valence-corrected chi connectivity index (χ4v) is 5.62. The third-order valence-corrected chi connectivity index (χ3v) is 7.27. The van der Waals surface area contributed by atoms with Gasteiger partial charge in [-0.3, -0.25) is 9.59 Å². The van der Waals surface area contributed by atoms with E-state index < -0.39 is 39.6 Å². The number of carbonyl (C=O) groups is 2. The van der Waals surface area contributed by atoms with Gasteiger partial charge in [0, 0.05) is 10.9 Å². The molecule has 0 aliphatic carbocycles. The molecule has 1 aliphatic heterocycles. The van der Waals surface area contributed by atoms with Crippen LogP contribution in [0.4, 0.5) is 0 Å². The molecule has 8 heteroatoms. The predicted octanol–water partition coefficient (Wildman–Crippen LogP) is 2.37. The van der Waals surface area contributed by atoms with Crippen LogP contribution in [-0.2, 0) is 24.2 Å². The number of thioether (sulfide) groups is 1. The number of esters is 1. The summed E-state index contributed by atoms with van der Waals surface area (Å²) >= 11 is 1.35. The number of amides is 1. The van der Waals surface area contributed by atoms with Gasteiger partial charge >= 0.3 is 5.97 Å². The van der Waals surface area contributed by atoms with Gasteiger partial charge in [-0.1, -0.05) is 48.5 Å². The first-order valence-corrected chi connectivity index (χ1v) is 11.6. The number of benzene rings is 2. The molecule has 3 rings (SSSR count). The lowest BCUT2D eigenvalue weighted by atomic mass is 10.1. The smallest absolute Gasteiger partial charge is 0.324 e. The zero-order valence-electron chi connectivity index (χ0n) is 15.1. The monoisotopic (exact) mass is 419 g/mol. The lowest BCUT2D eigenvalue weighted by Crippen LogP contribution is -2.38. The fraction of sp³-hybridized carbons (Fsp3) is 0.300. The SMILES string of the molecule is O=C(COC(=O)[C@H](Sc1ccccc1)c1ccccc1)N[C@@H]1CCS(=O)(=O)C1. The summed E-state index contributed by atoms with van der Waals surface area (Å²) in [7, 11) is -3.08. The summed E-state index contributed by atoms with van der Waals surface area (Å²) in [5.41, 5.74) is 0.781. The van der Waals surface area contributed by atoms with Crippen LogP contribution in [0.3, 0.4) is 0 Å². The number of carbonyl (C=O) groups excluding carboxylic acids is 2. The van der Waals surface area contributed by atoms with Crippen molar-refractivity contribution in [2.75, 3.05) is 18.1 Å². The quantitative estimate of drug-likeness (QED) is 0.547. The average Bonchev–Trinajstić information content (AvgIpc) is 3.04. The molecule has 28 heavy (non-hydrogen) atoms. The van der Waals surface area contributed by atoms with Crippen molar-refractivity contribution in [1.82, 2.24) is 5.32 Å². The number of hydrogen-bond acceptors (Lipinski definition) is 6. The van der Waals surface area contributed by atoms with E-state index in [1.807, 2.05) is 60.7 Å². The molecule has 0 radical (unpaired) electrons. The van der Waals surface area contributed by atoms with E-state index in [-0.39, 0.29) is 11.5 Å². The van der Waals surface area contributed by atoms with Crippen molar-refractivity contribution in [2.45, 2.75) is 22.6 Å². The first-order valence-electron chi connectivity index (χ1n) is 8.86. The van der Waals surface area contributed by atoms with Crippen LogP contribution in [0.1, 0.15) is 17.2 Å². The standard InChI is InChI=1S/C20H21NO5S2/c22-18(21-16-11-12-28(24,25)14-16)13-26-20(23)19(15-7-3-1-4-8-15)27-17-9-5-2-6-10-17/h1-10,16,19H,11-14H2,(H,21,22)/t16-,19-/m1/s1. The van der Waals surface area contributed by atoms with Gasteiger partial charge < -0.3 is 10.1 Å². The Morgan fingerprint density at radius 1 is 1.07 bits per heavy atom. The van der Waals surface area contributed by atoms with Gasteiger partial charge in [0.15, 0.2) is 16.4 Å². The molecule has 148 valence electrons. The van der Waals surface area contributed by atoms with Crippen LogP contribution >= 0.6 is 11.8 Å². The van der Waals surface area contributed by atoms with Crippen molar-refractivity contribution in [3.63, 3.8) is 0 Å². The van der Waals surface area contributed by atoms with Crippen LogP contribution in [-0.4, -0.2) is 44.4 Å². The van der Waals surface area contributed by atoms with Crippen LogP contribution in [0.5, 0.6) is 0 Å². The van der Waals surface area contributed by atoms with Crippen LogP contribution in [0.15, 0.2) is 65.6 Å². The molecule has 2 aromatic rings. The normalized spacial score (nSPS) is 18.9. The molecule has 1 aliphatic rings. The number of hydrogen-bond donors (Lipinski definition) is 1. The third kappa shape index (κ3) is 5.84. The molecule has 1 N–H and O–H groups in total. The second kappa shape index (κ2) is 9.25. The fourth-order valence-electron chi connectivity index (χ4n) is 2.91. The first kappa shape index (κ1) is 20.4. The Hall–Kier alpha value is -2.32. The van der Waals surface area contributed by atoms with Crippen LogP contribution in [0.25, 0.3) is 0 Å². The molecule has 1 amide bonds. The third-order valence-electron chi connectivity index (χ3n) is 4.26. The minimum Gasteiger partial charge on any atom is -0.454 e. The summed E-state index contributed by atoms with van der Waals surface area (Å²) < 4.78 is 28.2. The molecule has 0 spiro atoms. The van der Waals surface area contributed by atoms with Gasteiger partial charge in [-0.2, -0.15) is 0 Å². The maximum absolute atomic E-state index is 12.7. The molecule has 6 nitrogen and oxygen atoms in total. The van der Waals surface area contributed by atoms with E-state index in [0.29, 0.717) is 6.42 Å². The van der Waals surface area contributed by atoms with Crippen LogP contribution in [0, 0.1) is 0 Å². The Balaban J connectivity index is 1.60. The highest BCUT2D eigenvalue weighted by molar-refractivity contribution is 8.00. The van der Waals surface area contributed by atoms with E-state index in [1.165, 1.54) is 11.8 Å². The van der Waals surface area contributed by atoms with Gasteiger partial charge in [0.25, 0.3) is 5.91 Å². The van der Waals surface area contributed by atoms with E-state index >= 15 is 0 Å². The number of nitrogens with one attached hydrogen (secondary N) is 1. The summed E-state index contributed by atoms with van der Waals surface area (Å²) in [5.74, 6) is -1.01. The zero-order chi connectivity index (χ0) is 20.0. The molecule has 1 fully saturated rings. The second-order valence-corrected chi connectivity index (χ2v) is 9.90. The number of ether oxygens (including phenoxy) is 1. The molecule has 2 atom stereocenters. The Labute approximate surface area is 168 Å². The summed E-state index contributed by atoms with van der Waals surface area (Å²) in [6.07, 6.45) is 0.387. The minimum absolute atomic E-state index is 0.0663. The molecular formula is C20H21NO5S2. The average molecular weight is 420 g/mol. The van der Waals surface area contributed by atoms with Crippen molar-refractivity contribution in [3.05, 3.63) is 66.2 Å². The van der Waals surface area contributed by atoms with Crippen molar-refractivity contribution < 1.29 is 22.7 Å². The van der Waals surface area contributed by atoms with Gasteiger partial charge in [0.2, 0.25) is 0 Å². The van der Waals surface area contributed by atoms with Gasteiger partial charge in [-0.05, 0) is 24.1 Å². The maximum atomic E-state index is 12.7. The second-order valence-electron chi connectivity index (χ2n) is 6.50. The number of sulfone groups is 1. The lowest BCUT2D eigenvalue weighted by molar-refractivity contribution is -0.148. The summed E-state index contributed by atoms with van der Waals surface area (Å²) in [6.45, 7) is -0.436. The van der Waals surface area contributed by atoms with E-state index in [2.05, 4.69) is 5.32 Å². The summed E-state index contributed by atoms with van der Waals surface area (Å²) in [4.78, 5) is 25.6. The minimum atomic E-state index is -3.08. The Kier molecular flexibility index (Phi) is 6.74. The Morgan fingerprint density at radius 3 is 2.32 bits per heavy atom. The van der Waals surface area contributed by atoms with E-state index in [4.69, 9.17) is 4.74 Å².